The maximum Gasteiger partial charge on any atom is 0.432 e. The Morgan fingerprint density at radius 3 is 1.91 bits per heavy atom. The van der Waals surface area contributed by atoms with Gasteiger partial charge in [0.25, 0.3) is 0 Å². The molecule has 0 bridgehead atoms. The third-order valence-corrected chi connectivity index (χ3v) is 2.93. The van der Waals surface area contributed by atoms with Crippen LogP contribution in [-0.2, 0) is 4.74 Å². The Morgan fingerprint density at radius 1 is 1.14 bits per heavy atom. The lowest BCUT2D eigenvalue weighted by molar-refractivity contribution is 0.0268. The Labute approximate surface area is 132 Å². The molecule has 0 atom stereocenters. The van der Waals surface area contributed by atoms with E-state index in [0.29, 0.717) is 6.54 Å². The molecule has 0 saturated carbocycles. The maximum absolute atomic E-state index is 11.5. The van der Waals surface area contributed by atoms with Crippen LogP contribution in [0, 0.1) is 0 Å². The largest absolute Gasteiger partial charge is 0.444 e. The van der Waals surface area contributed by atoms with E-state index in [-0.39, 0.29) is 6.09 Å². The van der Waals surface area contributed by atoms with Crippen LogP contribution in [0.5, 0.6) is 0 Å². The molecular weight excluding hydrogens is 281 g/mol. The van der Waals surface area contributed by atoms with Crippen LogP contribution < -0.4 is 0 Å². The summed E-state index contributed by atoms with van der Waals surface area (Å²) in [5.74, 6) is 0. The van der Waals surface area contributed by atoms with Crippen molar-refractivity contribution in [2.75, 3.05) is 13.1 Å². The van der Waals surface area contributed by atoms with Gasteiger partial charge in [0, 0.05) is 13.1 Å². The van der Waals surface area contributed by atoms with Crippen LogP contribution >= 0.6 is 0 Å². The van der Waals surface area contributed by atoms with Crippen LogP contribution in [0.15, 0.2) is 36.4 Å². The first-order valence-corrected chi connectivity index (χ1v) is 7.32. The minimum atomic E-state index is -0.750. The molecule has 6 heteroatoms. The van der Waals surface area contributed by atoms with Crippen molar-refractivity contribution in [1.82, 2.24) is 4.90 Å². The number of carbonyl (C=O) groups excluding carboxylic acids is 1. The van der Waals surface area contributed by atoms with E-state index >= 15 is 0 Å². The normalized spacial score (nSPS) is 14.0. The summed E-state index contributed by atoms with van der Waals surface area (Å²) in [6.07, 6.45) is 4.80. The number of carbonyl (C=O) groups is 1. The summed E-state index contributed by atoms with van der Waals surface area (Å²) >= 11 is 0. The Balaban J connectivity index is 0.000000219. The third kappa shape index (κ3) is 6.32. The second kappa shape index (κ2) is 8.61. The van der Waals surface area contributed by atoms with Crippen molar-refractivity contribution < 1.29 is 19.6 Å². The first kappa shape index (κ1) is 18.3. The Morgan fingerprint density at radius 2 is 1.64 bits per heavy atom. The van der Waals surface area contributed by atoms with Crippen molar-refractivity contribution in [2.24, 2.45) is 0 Å². The summed E-state index contributed by atoms with van der Waals surface area (Å²) in [6.45, 7) is 7.08. The second-order valence-electron chi connectivity index (χ2n) is 5.91. The molecule has 0 fully saturated rings. The Bertz CT molecular complexity index is 473. The molecular formula is C16H24BNO4. The molecule has 120 valence electrons. The van der Waals surface area contributed by atoms with Gasteiger partial charge in [-0.2, -0.15) is 0 Å². The highest BCUT2D eigenvalue weighted by Gasteiger charge is 2.21. The lowest BCUT2D eigenvalue weighted by Gasteiger charge is -2.27. The van der Waals surface area contributed by atoms with E-state index in [1.54, 1.807) is 4.90 Å². The fourth-order valence-corrected chi connectivity index (χ4v) is 1.80. The molecule has 0 aromatic rings. The molecule has 2 aliphatic carbocycles. The van der Waals surface area contributed by atoms with Gasteiger partial charge in [-0.05, 0) is 38.3 Å². The summed E-state index contributed by atoms with van der Waals surface area (Å²) in [4.78, 5) is 13.2. The van der Waals surface area contributed by atoms with Crippen LogP contribution in [0.1, 0.15) is 27.2 Å². The number of fused-ring (bicyclic) bond motifs is 1. The molecule has 0 aromatic carbocycles. The summed E-state index contributed by atoms with van der Waals surface area (Å²) in [6, 6.07) is 8.48. The van der Waals surface area contributed by atoms with Gasteiger partial charge in [-0.3, -0.25) is 0 Å². The zero-order valence-corrected chi connectivity index (χ0v) is 13.5. The van der Waals surface area contributed by atoms with E-state index in [2.05, 4.69) is 30.3 Å². The molecule has 2 N–H and O–H groups in total. The van der Waals surface area contributed by atoms with Crippen LogP contribution in [0.2, 0.25) is 0 Å². The molecule has 1 aliphatic heterocycles. The molecule has 3 rings (SSSR count). The monoisotopic (exact) mass is 305 g/mol. The molecule has 1 heterocycles. The van der Waals surface area contributed by atoms with Gasteiger partial charge in [-0.25, -0.2) is 4.79 Å². The predicted molar refractivity (Wildman–Crippen MR) is 88.6 cm³/mol. The SMILES string of the molecule is CC(C)(C)OC(=O)N1CC=CCC1.OBO.c1cc2ccc1-2. The Kier molecular flexibility index (Phi) is 7.15. The molecule has 0 aromatic heterocycles. The van der Waals surface area contributed by atoms with Crippen molar-refractivity contribution in [3.05, 3.63) is 36.4 Å². The van der Waals surface area contributed by atoms with Crippen molar-refractivity contribution in [3.63, 3.8) is 0 Å². The van der Waals surface area contributed by atoms with E-state index in [1.807, 2.05) is 26.8 Å². The van der Waals surface area contributed by atoms with Crippen LogP contribution in [0.3, 0.4) is 0 Å². The Hall–Kier alpha value is -1.79. The number of amides is 1. The topological polar surface area (TPSA) is 70.0 Å². The standard InChI is InChI=1S/C10H17NO2.C6H4.BH3O2/c1-10(2,3)13-9(12)11-7-5-4-6-8-11;1-2-6-4-3-5(1)6;2-1-3/h4-5H,6-8H2,1-3H3;1-4H;1-3H. The quantitative estimate of drug-likeness (QED) is 0.577. The minimum absolute atomic E-state index is 0.211. The number of nitrogens with zero attached hydrogens (tertiary/aromatic N) is 1. The zero-order valence-electron chi connectivity index (χ0n) is 13.5. The third-order valence-electron chi connectivity index (χ3n) is 2.93. The first-order valence-electron chi connectivity index (χ1n) is 7.32. The highest BCUT2D eigenvalue weighted by Crippen LogP contribution is 2.29. The predicted octanol–water partition coefficient (Wildman–Crippen LogP) is 2.09. The van der Waals surface area contributed by atoms with E-state index in [4.69, 9.17) is 14.8 Å². The van der Waals surface area contributed by atoms with Gasteiger partial charge in [-0.15, -0.1) is 0 Å². The molecule has 22 heavy (non-hydrogen) atoms. The fraction of sp³-hybridized carbons (Fsp3) is 0.438. The lowest BCUT2D eigenvalue weighted by atomic mass is 9.95. The average molecular weight is 305 g/mol. The molecule has 3 aliphatic rings. The van der Waals surface area contributed by atoms with Crippen molar-refractivity contribution in [3.8, 4) is 11.1 Å². The van der Waals surface area contributed by atoms with Gasteiger partial charge >= 0.3 is 13.8 Å². The lowest BCUT2D eigenvalue weighted by Crippen LogP contribution is -2.38. The number of ether oxygens (including phenoxy) is 1. The van der Waals surface area contributed by atoms with Crippen LogP contribution in [0.25, 0.3) is 11.1 Å². The summed E-state index contributed by atoms with van der Waals surface area (Å²) in [5.41, 5.74) is 2.46. The smallest absolute Gasteiger partial charge is 0.432 e. The summed E-state index contributed by atoms with van der Waals surface area (Å²) < 4.78 is 5.23. The minimum Gasteiger partial charge on any atom is -0.444 e. The molecule has 5 nitrogen and oxygen atoms in total. The van der Waals surface area contributed by atoms with Crippen molar-refractivity contribution in [1.29, 1.82) is 0 Å². The van der Waals surface area contributed by atoms with E-state index < -0.39 is 13.3 Å². The highest BCUT2D eigenvalue weighted by atomic mass is 16.6. The highest BCUT2D eigenvalue weighted by molar-refractivity contribution is 6.13. The van der Waals surface area contributed by atoms with Gasteiger partial charge in [-0.1, -0.05) is 36.4 Å². The van der Waals surface area contributed by atoms with Gasteiger partial charge in [0.05, 0.1) is 0 Å². The van der Waals surface area contributed by atoms with Gasteiger partial charge in [0.1, 0.15) is 5.60 Å². The van der Waals surface area contributed by atoms with E-state index in [0.717, 1.165) is 13.0 Å². The summed E-state index contributed by atoms with van der Waals surface area (Å²) in [5, 5.41) is 14.2. The van der Waals surface area contributed by atoms with Crippen LogP contribution in [0.4, 0.5) is 4.79 Å². The van der Waals surface area contributed by atoms with Crippen molar-refractivity contribution in [2.45, 2.75) is 32.8 Å². The molecule has 1 amide bonds. The molecule has 0 radical (unpaired) electrons. The molecule has 0 unspecified atom stereocenters. The maximum atomic E-state index is 11.5. The van der Waals surface area contributed by atoms with Crippen molar-refractivity contribution >= 4 is 13.8 Å². The number of benzene rings is 1. The van der Waals surface area contributed by atoms with Crippen LogP contribution in [-0.4, -0.2) is 47.4 Å². The molecule has 0 saturated heterocycles. The number of hydrogen-bond donors (Lipinski definition) is 2. The first-order chi connectivity index (χ1) is 10.4. The fourth-order valence-electron chi connectivity index (χ4n) is 1.80. The van der Waals surface area contributed by atoms with E-state index in [9.17, 15) is 4.79 Å². The summed E-state index contributed by atoms with van der Waals surface area (Å²) in [7, 11) is -0.750. The second-order valence-corrected chi connectivity index (χ2v) is 5.91. The number of hydrogen-bond acceptors (Lipinski definition) is 4. The molecule has 0 spiro atoms. The number of rotatable bonds is 0. The van der Waals surface area contributed by atoms with E-state index in [1.165, 1.54) is 11.1 Å². The van der Waals surface area contributed by atoms with Gasteiger partial charge in [0.15, 0.2) is 0 Å². The zero-order chi connectivity index (χ0) is 16.6. The van der Waals surface area contributed by atoms with Gasteiger partial charge in [0.2, 0.25) is 0 Å². The van der Waals surface area contributed by atoms with Gasteiger partial charge < -0.3 is 19.7 Å². The average Bonchev–Trinajstić information content (AvgIpc) is 2.43.